The fraction of sp³-hybridized carbons (Fsp3) is 0.615. The Morgan fingerprint density at radius 3 is 2.86 bits per heavy atom. The van der Waals surface area contributed by atoms with Gasteiger partial charge in [0, 0.05) is 25.5 Å². The summed E-state index contributed by atoms with van der Waals surface area (Å²) in [7, 11) is 0. The highest BCUT2D eigenvalue weighted by Gasteiger charge is 2.42. The number of likely N-dealkylation sites (tertiary alicyclic amines) is 1. The summed E-state index contributed by atoms with van der Waals surface area (Å²) in [6, 6.07) is -0.142. The van der Waals surface area contributed by atoms with Gasteiger partial charge in [0.1, 0.15) is 12.2 Å². The van der Waals surface area contributed by atoms with E-state index in [1.54, 1.807) is 24.3 Å². The quantitative estimate of drug-likeness (QED) is 0.699. The van der Waals surface area contributed by atoms with Crippen LogP contribution < -0.4 is 5.32 Å². The van der Waals surface area contributed by atoms with E-state index in [0.29, 0.717) is 19.6 Å². The summed E-state index contributed by atoms with van der Waals surface area (Å²) in [5, 5.41) is 11.4. The van der Waals surface area contributed by atoms with Crippen molar-refractivity contribution in [2.45, 2.75) is 25.5 Å². The van der Waals surface area contributed by atoms with Gasteiger partial charge in [-0.1, -0.05) is 0 Å². The monoisotopic (exact) mass is 296 g/mol. The zero-order valence-corrected chi connectivity index (χ0v) is 12.0. The number of urea groups is 1. The Morgan fingerprint density at radius 1 is 1.48 bits per heavy atom. The topological polar surface area (TPSA) is 96.7 Å². The molecule has 0 aromatic carbocycles. The second-order valence-electron chi connectivity index (χ2n) is 5.37. The van der Waals surface area contributed by atoms with Crippen molar-refractivity contribution >= 4 is 12.0 Å². The third-order valence-electron chi connectivity index (χ3n) is 3.31. The Labute approximate surface area is 122 Å². The summed E-state index contributed by atoms with van der Waals surface area (Å²) in [4.78, 5) is 27.8. The molecule has 2 amide bonds. The summed E-state index contributed by atoms with van der Waals surface area (Å²) < 4.78 is 7.20. The van der Waals surface area contributed by atoms with Crippen molar-refractivity contribution in [1.29, 1.82) is 0 Å². The average molecular weight is 296 g/mol. The van der Waals surface area contributed by atoms with E-state index in [9.17, 15) is 9.59 Å². The van der Waals surface area contributed by atoms with Gasteiger partial charge in [-0.25, -0.2) is 14.6 Å². The number of aryl methyl sites for hydroxylation is 1. The number of hydrogen-bond acceptors (Lipinski definition) is 4. The minimum absolute atomic E-state index is 0.142. The van der Waals surface area contributed by atoms with Crippen LogP contribution in [0, 0.1) is 0 Å². The fourth-order valence-corrected chi connectivity index (χ4v) is 2.22. The van der Waals surface area contributed by atoms with E-state index in [0.717, 1.165) is 13.0 Å². The summed E-state index contributed by atoms with van der Waals surface area (Å²) >= 11 is 0. The van der Waals surface area contributed by atoms with Crippen LogP contribution in [0.2, 0.25) is 0 Å². The Kier molecular flexibility index (Phi) is 4.79. The molecule has 0 radical (unpaired) electrons. The van der Waals surface area contributed by atoms with E-state index in [1.165, 1.54) is 0 Å². The molecule has 2 heterocycles. The number of carboxylic acid groups (broad SMARTS) is 1. The van der Waals surface area contributed by atoms with Crippen molar-refractivity contribution in [2.75, 3.05) is 26.2 Å². The third kappa shape index (κ3) is 4.45. The van der Waals surface area contributed by atoms with E-state index in [2.05, 4.69) is 10.3 Å². The van der Waals surface area contributed by atoms with Gasteiger partial charge >= 0.3 is 12.0 Å². The number of amides is 2. The predicted octanol–water partition coefficient (Wildman–Crippen LogP) is 0.158. The smallest absolute Gasteiger partial charge is 0.329 e. The van der Waals surface area contributed by atoms with Crippen LogP contribution in [0.5, 0.6) is 0 Å². The number of aromatic nitrogens is 2. The van der Waals surface area contributed by atoms with Crippen LogP contribution in [0.3, 0.4) is 0 Å². The molecule has 1 aromatic rings. The van der Waals surface area contributed by atoms with Gasteiger partial charge in [0.2, 0.25) is 0 Å². The molecular formula is C13H20N4O4. The Balaban J connectivity index is 1.59. The molecule has 116 valence electrons. The maximum absolute atomic E-state index is 11.8. The van der Waals surface area contributed by atoms with E-state index < -0.39 is 11.6 Å². The average Bonchev–Trinajstić information content (AvgIpc) is 2.91. The number of aliphatic carboxylic acids is 1. The number of rotatable bonds is 7. The largest absolute Gasteiger partial charge is 0.480 e. The van der Waals surface area contributed by atoms with Crippen molar-refractivity contribution in [3.8, 4) is 0 Å². The first-order valence-corrected chi connectivity index (χ1v) is 6.83. The lowest BCUT2D eigenvalue weighted by atomic mass is 9.97. The van der Waals surface area contributed by atoms with Gasteiger partial charge in [-0.05, 0) is 13.3 Å². The molecule has 0 unspecified atom stereocenters. The van der Waals surface area contributed by atoms with E-state index in [4.69, 9.17) is 9.84 Å². The van der Waals surface area contributed by atoms with Gasteiger partial charge in [-0.3, -0.25) is 0 Å². The standard InChI is InChI=1S/C13H20N4O4/c1-13(21-7-11(18)19)8-17(9-13)12(20)15-3-2-5-16-6-4-14-10-16/h4,6,10H,2-3,5,7-9H2,1H3,(H,15,20)(H,18,19). The number of hydrogen-bond donors (Lipinski definition) is 2. The second-order valence-corrected chi connectivity index (χ2v) is 5.37. The SMILES string of the molecule is CC1(OCC(=O)O)CN(C(=O)NCCCn2ccnc2)C1. The van der Waals surface area contributed by atoms with E-state index in [1.807, 2.05) is 10.8 Å². The Morgan fingerprint density at radius 2 is 2.24 bits per heavy atom. The molecule has 1 fully saturated rings. The zero-order chi connectivity index (χ0) is 15.3. The molecule has 0 spiro atoms. The van der Waals surface area contributed by atoms with Gasteiger partial charge in [0.15, 0.2) is 0 Å². The lowest BCUT2D eigenvalue weighted by molar-refractivity contribution is -0.159. The number of carbonyl (C=O) groups excluding carboxylic acids is 1. The molecule has 2 rings (SSSR count). The maximum Gasteiger partial charge on any atom is 0.329 e. The molecule has 1 aromatic heterocycles. The van der Waals surface area contributed by atoms with Crippen molar-refractivity contribution in [3.05, 3.63) is 18.7 Å². The van der Waals surface area contributed by atoms with Gasteiger partial charge < -0.3 is 24.6 Å². The van der Waals surface area contributed by atoms with Gasteiger partial charge in [-0.2, -0.15) is 0 Å². The highest BCUT2D eigenvalue weighted by molar-refractivity contribution is 5.75. The van der Waals surface area contributed by atoms with Crippen LogP contribution in [0.1, 0.15) is 13.3 Å². The number of carboxylic acids is 1. The van der Waals surface area contributed by atoms with Gasteiger partial charge in [0.05, 0.1) is 19.4 Å². The van der Waals surface area contributed by atoms with Gasteiger partial charge in [-0.15, -0.1) is 0 Å². The Hall–Kier alpha value is -2.09. The molecule has 2 N–H and O–H groups in total. The van der Waals surface area contributed by atoms with Crippen LogP contribution in [0.4, 0.5) is 4.79 Å². The summed E-state index contributed by atoms with van der Waals surface area (Å²) in [6.45, 7) is 3.68. The molecule has 0 atom stereocenters. The maximum atomic E-state index is 11.8. The number of carbonyl (C=O) groups is 2. The first kappa shape index (κ1) is 15.3. The highest BCUT2D eigenvalue weighted by Crippen LogP contribution is 2.24. The van der Waals surface area contributed by atoms with E-state index in [-0.39, 0.29) is 12.6 Å². The molecule has 0 saturated carbocycles. The summed E-state index contributed by atoms with van der Waals surface area (Å²) in [6.07, 6.45) is 6.16. The van der Waals surface area contributed by atoms with Crippen molar-refractivity contribution in [2.24, 2.45) is 0 Å². The van der Waals surface area contributed by atoms with Crippen molar-refractivity contribution < 1.29 is 19.4 Å². The van der Waals surface area contributed by atoms with Crippen LogP contribution >= 0.6 is 0 Å². The van der Waals surface area contributed by atoms with Crippen molar-refractivity contribution in [3.63, 3.8) is 0 Å². The molecule has 1 aliphatic rings. The molecule has 1 saturated heterocycles. The van der Waals surface area contributed by atoms with E-state index >= 15 is 0 Å². The highest BCUT2D eigenvalue weighted by atomic mass is 16.5. The predicted molar refractivity (Wildman–Crippen MR) is 73.8 cm³/mol. The van der Waals surface area contributed by atoms with Crippen LogP contribution in [-0.4, -0.2) is 63.4 Å². The summed E-state index contributed by atoms with van der Waals surface area (Å²) in [5.74, 6) is -1.00. The summed E-state index contributed by atoms with van der Waals surface area (Å²) in [5.41, 5.74) is -0.549. The minimum atomic E-state index is -1.00. The molecule has 8 heteroatoms. The lowest BCUT2D eigenvalue weighted by Crippen LogP contribution is -2.65. The molecule has 0 bridgehead atoms. The fourth-order valence-electron chi connectivity index (χ4n) is 2.22. The minimum Gasteiger partial charge on any atom is -0.480 e. The van der Waals surface area contributed by atoms with Crippen LogP contribution in [0.25, 0.3) is 0 Å². The Bertz CT molecular complexity index is 482. The third-order valence-corrected chi connectivity index (χ3v) is 3.31. The number of ether oxygens (including phenoxy) is 1. The molecule has 0 aliphatic carbocycles. The molecular weight excluding hydrogens is 276 g/mol. The number of nitrogens with zero attached hydrogens (tertiary/aromatic N) is 3. The lowest BCUT2D eigenvalue weighted by Gasteiger charge is -2.46. The zero-order valence-electron chi connectivity index (χ0n) is 12.0. The number of nitrogens with one attached hydrogen (secondary N) is 1. The first-order valence-electron chi connectivity index (χ1n) is 6.83. The number of imidazole rings is 1. The molecule has 21 heavy (non-hydrogen) atoms. The second kappa shape index (κ2) is 6.57. The van der Waals surface area contributed by atoms with Gasteiger partial charge in [0.25, 0.3) is 0 Å². The van der Waals surface area contributed by atoms with Crippen LogP contribution in [-0.2, 0) is 16.1 Å². The van der Waals surface area contributed by atoms with Crippen molar-refractivity contribution in [1.82, 2.24) is 19.8 Å². The molecule has 8 nitrogen and oxygen atoms in total. The first-order chi connectivity index (χ1) is 9.98. The molecule has 1 aliphatic heterocycles. The van der Waals surface area contributed by atoms with Crippen LogP contribution in [0.15, 0.2) is 18.7 Å². The normalized spacial score (nSPS) is 16.3.